The number of likely N-dealkylation sites (N-methyl/N-ethyl adjacent to an activating group) is 1. The molecule has 0 aromatic heterocycles. The second-order valence-corrected chi connectivity index (χ2v) is 9.54. The van der Waals surface area contributed by atoms with Gasteiger partial charge in [0.05, 0.1) is 6.04 Å². The van der Waals surface area contributed by atoms with Crippen molar-refractivity contribution in [2.45, 2.75) is 57.9 Å². The lowest BCUT2D eigenvalue weighted by molar-refractivity contribution is -0.135. The van der Waals surface area contributed by atoms with E-state index in [9.17, 15) is 9.59 Å². The van der Waals surface area contributed by atoms with E-state index in [2.05, 4.69) is 20.1 Å². The van der Waals surface area contributed by atoms with E-state index >= 15 is 0 Å². The molecule has 32 heavy (non-hydrogen) atoms. The van der Waals surface area contributed by atoms with Crippen LogP contribution in [0.25, 0.3) is 0 Å². The molecule has 0 aromatic carbocycles. The number of halogens is 1. The first-order chi connectivity index (χ1) is 15.0. The zero-order valence-corrected chi connectivity index (χ0v) is 22.6. The molecule has 0 spiro atoms. The molecule has 1 N–H and O–H groups in total. The van der Waals surface area contributed by atoms with E-state index in [0.29, 0.717) is 5.92 Å². The van der Waals surface area contributed by atoms with E-state index in [0.717, 1.165) is 64.6 Å². The third kappa shape index (κ3) is 7.74. The Balaban J connectivity index is 0.00000363. The SMILES string of the molecule is CC(C(=O)N1CCCC1)N1CCN(C(=NCC(=O)N(C)C)NCC2CCCCC2)CC1.I. The van der Waals surface area contributed by atoms with Crippen LogP contribution in [-0.4, -0.2) is 110 Å². The molecule has 8 nitrogen and oxygen atoms in total. The number of nitrogens with one attached hydrogen (secondary N) is 1. The summed E-state index contributed by atoms with van der Waals surface area (Å²) in [6, 6.07) is -0.0637. The van der Waals surface area contributed by atoms with Gasteiger partial charge < -0.3 is 20.0 Å². The first kappa shape index (κ1) is 27.1. The van der Waals surface area contributed by atoms with E-state index in [-0.39, 0.29) is 48.4 Å². The molecule has 0 aromatic rings. The molecule has 2 aliphatic heterocycles. The molecule has 1 saturated carbocycles. The summed E-state index contributed by atoms with van der Waals surface area (Å²) in [4.78, 5) is 37.7. The predicted octanol–water partition coefficient (Wildman–Crippen LogP) is 1.85. The van der Waals surface area contributed by atoms with Gasteiger partial charge in [0.25, 0.3) is 0 Å². The molecule has 3 aliphatic rings. The number of hydrogen-bond donors (Lipinski definition) is 1. The zero-order valence-electron chi connectivity index (χ0n) is 20.2. The summed E-state index contributed by atoms with van der Waals surface area (Å²) in [5, 5.41) is 3.58. The van der Waals surface area contributed by atoms with Gasteiger partial charge in [-0.2, -0.15) is 0 Å². The fraction of sp³-hybridized carbons (Fsp3) is 0.870. The van der Waals surface area contributed by atoms with Gasteiger partial charge in [0.2, 0.25) is 11.8 Å². The summed E-state index contributed by atoms with van der Waals surface area (Å²) in [5.41, 5.74) is 0. The third-order valence-corrected chi connectivity index (χ3v) is 7.07. The van der Waals surface area contributed by atoms with E-state index in [1.54, 1.807) is 19.0 Å². The smallest absolute Gasteiger partial charge is 0.243 e. The fourth-order valence-electron chi connectivity index (χ4n) is 4.86. The number of rotatable bonds is 6. The Labute approximate surface area is 211 Å². The Hall–Kier alpha value is -1.10. The number of piperazine rings is 1. The zero-order chi connectivity index (χ0) is 22.2. The highest BCUT2D eigenvalue weighted by molar-refractivity contribution is 14.0. The molecule has 1 unspecified atom stereocenters. The van der Waals surface area contributed by atoms with Crippen LogP contribution in [0.5, 0.6) is 0 Å². The van der Waals surface area contributed by atoms with Crippen LogP contribution in [0.2, 0.25) is 0 Å². The van der Waals surface area contributed by atoms with Gasteiger partial charge in [-0.15, -0.1) is 24.0 Å². The average Bonchev–Trinajstić information content (AvgIpc) is 3.34. The van der Waals surface area contributed by atoms with Gasteiger partial charge in [-0.3, -0.25) is 14.5 Å². The van der Waals surface area contributed by atoms with Crippen molar-refractivity contribution >= 4 is 41.8 Å². The molecule has 0 bridgehead atoms. The Morgan fingerprint density at radius 3 is 2.16 bits per heavy atom. The summed E-state index contributed by atoms with van der Waals surface area (Å²) in [7, 11) is 3.54. The Kier molecular flexibility index (Phi) is 11.5. The normalized spacial score (nSPS) is 21.8. The van der Waals surface area contributed by atoms with Crippen LogP contribution in [-0.2, 0) is 9.59 Å². The second kappa shape index (κ2) is 13.6. The van der Waals surface area contributed by atoms with Crippen molar-refractivity contribution in [2.75, 3.05) is 66.5 Å². The molecule has 0 radical (unpaired) electrons. The summed E-state index contributed by atoms with van der Waals surface area (Å²) in [5.74, 6) is 1.83. The van der Waals surface area contributed by atoms with Crippen molar-refractivity contribution in [2.24, 2.45) is 10.9 Å². The molecule has 3 rings (SSSR count). The minimum absolute atomic E-state index is 0. The topological polar surface area (TPSA) is 71.5 Å². The number of hydrogen-bond acceptors (Lipinski definition) is 4. The van der Waals surface area contributed by atoms with Crippen molar-refractivity contribution in [1.29, 1.82) is 0 Å². The molecular weight excluding hydrogens is 519 g/mol. The summed E-state index contributed by atoms with van der Waals surface area (Å²) >= 11 is 0. The lowest BCUT2D eigenvalue weighted by Crippen LogP contribution is -2.57. The minimum Gasteiger partial charge on any atom is -0.356 e. The molecule has 1 aliphatic carbocycles. The fourth-order valence-corrected chi connectivity index (χ4v) is 4.86. The van der Waals surface area contributed by atoms with Crippen LogP contribution in [0.15, 0.2) is 4.99 Å². The van der Waals surface area contributed by atoms with Crippen LogP contribution >= 0.6 is 24.0 Å². The van der Waals surface area contributed by atoms with E-state index in [1.807, 2.05) is 11.8 Å². The average molecular weight is 563 g/mol. The van der Waals surface area contributed by atoms with Crippen LogP contribution in [0.4, 0.5) is 0 Å². The number of amides is 2. The quantitative estimate of drug-likeness (QED) is 0.304. The van der Waals surface area contributed by atoms with Crippen molar-refractivity contribution in [3.63, 3.8) is 0 Å². The summed E-state index contributed by atoms with van der Waals surface area (Å²) in [6.07, 6.45) is 8.81. The van der Waals surface area contributed by atoms with Gasteiger partial charge in [-0.1, -0.05) is 19.3 Å². The Morgan fingerprint density at radius 1 is 0.938 bits per heavy atom. The van der Waals surface area contributed by atoms with E-state index < -0.39 is 0 Å². The molecule has 2 heterocycles. The number of carbonyl (C=O) groups is 2. The largest absolute Gasteiger partial charge is 0.356 e. The van der Waals surface area contributed by atoms with Gasteiger partial charge in [-0.05, 0) is 38.5 Å². The van der Waals surface area contributed by atoms with Gasteiger partial charge in [-0.25, -0.2) is 4.99 Å². The number of nitrogens with zero attached hydrogens (tertiary/aromatic N) is 5. The monoisotopic (exact) mass is 562 g/mol. The number of likely N-dealkylation sites (tertiary alicyclic amines) is 1. The maximum absolute atomic E-state index is 12.8. The maximum Gasteiger partial charge on any atom is 0.243 e. The van der Waals surface area contributed by atoms with Crippen molar-refractivity contribution < 1.29 is 9.59 Å². The molecule has 184 valence electrons. The highest BCUT2D eigenvalue weighted by Gasteiger charge is 2.30. The minimum atomic E-state index is -0.0637. The number of aliphatic imine (C=N–C) groups is 1. The Bertz CT molecular complexity index is 624. The molecular formula is C23H43IN6O2. The second-order valence-electron chi connectivity index (χ2n) is 9.54. The first-order valence-electron chi connectivity index (χ1n) is 12.2. The lowest BCUT2D eigenvalue weighted by Gasteiger charge is -2.40. The van der Waals surface area contributed by atoms with Gasteiger partial charge >= 0.3 is 0 Å². The van der Waals surface area contributed by atoms with Crippen molar-refractivity contribution in [1.82, 2.24) is 24.9 Å². The van der Waals surface area contributed by atoms with Crippen LogP contribution in [0, 0.1) is 5.92 Å². The first-order valence-corrected chi connectivity index (χ1v) is 12.2. The van der Waals surface area contributed by atoms with Gasteiger partial charge in [0, 0.05) is 59.9 Å². The van der Waals surface area contributed by atoms with Crippen LogP contribution in [0.1, 0.15) is 51.9 Å². The van der Waals surface area contributed by atoms with Crippen LogP contribution < -0.4 is 5.32 Å². The molecule has 1 atom stereocenters. The number of carbonyl (C=O) groups excluding carboxylic acids is 2. The van der Waals surface area contributed by atoms with E-state index in [4.69, 9.17) is 0 Å². The predicted molar refractivity (Wildman–Crippen MR) is 139 cm³/mol. The lowest BCUT2D eigenvalue weighted by atomic mass is 9.89. The third-order valence-electron chi connectivity index (χ3n) is 7.07. The molecule has 2 amide bonds. The highest BCUT2D eigenvalue weighted by atomic mass is 127. The van der Waals surface area contributed by atoms with E-state index in [1.165, 1.54) is 32.1 Å². The molecule has 2 saturated heterocycles. The van der Waals surface area contributed by atoms with Crippen molar-refractivity contribution in [3.05, 3.63) is 0 Å². The van der Waals surface area contributed by atoms with Gasteiger partial charge in [0.15, 0.2) is 5.96 Å². The van der Waals surface area contributed by atoms with Crippen molar-refractivity contribution in [3.8, 4) is 0 Å². The molecule has 9 heteroatoms. The number of guanidine groups is 1. The summed E-state index contributed by atoms with van der Waals surface area (Å²) < 4.78 is 0. The highest BCUT2D eigenvalue weighted by Crippen LogP contribution is 2.23. The van der Waals surface area contributed by atoms with Crippen LogP contribution in [0.3, 0.4) is 0 Å². The standard InChI is InChI=1S/C23H42N6O2.HI/c1-19(22(31)28-11-7-8-12-28)27-13-15-29(16-14-27)23(25-18-21(30)26(2)3)24-17-20-9-5-4-6-10-20;/h19-20H,4-18H2,1-3H3,(H,24,25);1H. The molecule has 3 fully saturated rings. The Morgan fingerprint density at radius 2 is 1.56 bits per heavy atom. The summed E-state index contributed by atoms with van der Waals surface area (Å²) in [6.45, 7) is 8.29. The maximum atomic E-state index is 12.8. The van der Waals surface area contributed by atoms with Gasteiger partial charge in [0.1, 0.15) is 6.54 Å².